The molecule has 36 heavy (non-hydrogen) atoms. The maximum absolute atomic E-state index is 13.4. The van der Waals surface area contributed by atoms with Crippen LogP contribution in [0, 0.1) is 6.92 Å². The molecule has 0 bridgehead atoms. The Morgan fingerprint density at radius 1 is 1.08 bits per heavy atom. The van der Waals surface area contributed by atoms with Gasteiger partial charge in [0, 0.05) is 69.9 Å². The van der Waals surface area contributed by atoms with Crippen molar-refractivity contribution in [2.24, 2.45) is 7.05 Å². The van der Waals surface area contributed by atoms with Crippen LogP contribution >= 0.6 is 0 Å². The number of hydrogen-bond acceptors (Lipinski definition) is 6. The molecule has 8 nitrogen and oxygen atoms in total. The number of hydrogen-bond donors (Lipinski definition) is 1. The smallest absolute Gasteiger partial charge is 0.252 e. The molecule has 4 rings (SSSR count). The van der Waals surface area contributed by atoms with Crippen LogP contribution in [0.5, 0.6) is 5.75 Å². The van der Waals surface area contributed by atoms with E-state index in [-0.39, 0.29) is 11.9 Å². The van der Waals surface area contributed by atoms with Gasteiger partial charge in [0.2, 0.25) is 0 Å². The molecule has 0 spiro atoms. The van der Waals surface area contributed by atoms with Crippen LogP contribution in [0.1, 0.15) is 34.5 Å². The maximum atomic E-state index is 13.4. The summed E-state index contributed by atoms with van der Waals surface area (Å²) in [5.41, 5.74) is 5.73. The highest BCUT2D eigenvalue weighted by Gasteiger charge is 2.20. The van der Waals surface area contributed by atoms with E-state index < -0.39 is 0 Å². The summed E-state index contributed by atoms with van der Waals surface area (Å²) < 4.78 is 12.5. The third-order valence-electron chi connectivity index (χ3n) is 6.87. The predicted molar refractivity (Wildman–Crippen MR) is 143 cm³/mol. The Balaban J connectivity index is 1.48. The highest BCUT2D eigenvalue weighted by Crippen LogP contribution is 2.29. The average molecular weight is 492 g/mol. The predicted octanol–water partition coefficient (Wildman–Crippen LogP) is 3.66. The highest BCUT2D eigenvalue weighted by atomic mass is 16.5. The van der Waals surface area contributed by atoms with Crippen LogP contribution < -0.4 is 15.0 Å². The molecule has 1 aliphatic rings. The number of aryl methyl sites for hydroxylation is 2. The summed E-state index contributed by atoms with van der Waals surface area (Å²) in [6, 6.07) is 12.0. The average Bonchev–Trinajstić information content (AvgIpc) is 3.34. The molecule has 1 amide bonds. The molecule has 0 saturated carbocycles. The van der Waals surface area contributed by atoms with E-state index in [0.717, 1.165) is 73.0 Å². The molecule has 8 heteroatoms. The lowest BCUT2D eigenvalue weighted by Gasteiger charge is -2.36. The summed E-state index contributed by atoms with van der Waals surface area (Å²) in [7, 11) is 5.29. The molecule has 1 saturated heterocycles. The largest absolute Gasteiger partial charge is 0.497 e. The number of piperazine rings is 1. The number of carbonyl (C=O) groups is 1. The molecule has 1 fully saturated rings. The number of nitrogens with one attached hydrogen (secondary N) is 1. The summed E-state index contributed by atoms with van der Waals surface area (Å²) in [5.74, 6) is 0.668. The van der Waals surface area contributed by atoms with Crippen molar-refractivity contribution in [2.45, 2.75) is 19.9 Å². The molecule has 1 aromatic heterocycles. The van der Waals surface area contributed by atoms with Gasteiger partial charge >= 0.3 is 0 Å². The Kier molecular flexibility index (Phi) is 8.28. The van der Waals surface area contributed by atoms with Crippen molar-refractivity contribution in [3.63, 3.8) is 0 Å². The molecule has 0 aliphatic carbocycles. The summed E-state index contributed by atoms with van der Waals surface area (Å²) in [4.78, 5) is 18.1. The minimum Gasteiger partial charge on any atom is -0.497 e. The zero-order valence-corrected chi connectivity index (χ0v) is 22.0. The first-order valence-corrected chi connectivity index (χ1v) is 12.4. The molecule has 1 unspecified atom stereocenters. The van der Waals surface area contributed by atoms with Crippen molar-refractivity contribution in [2.75, 3.05) is 58.5 Å². The fourth-order valence-electron chi connectivity index (χ4n) is 4.59. The maximum Gasteiger partial charge on any atom is 0.252 e. The van der Waals surface area contributed by atoms with E-state index in [9.17, 15) is 4.79 Å². The standard InChI is InChI=1S/C28H37N5O3/c1-20-6-7-25(33-10-8-32(9-11-33)12-13-35-4)17-27(20)28(34)30-21(2)22-14-23(16-26(15-22)36-5)24-18-29-31(3)19-24/h6-7,14-19,21H,8-13H2,1-5H3,(H,30,34). The summed E-state index contributed by atoms with van der Waals surface area (Å²) in [6.07, 6.45) is 3.79. The topological polar surface area (TPSA) is 71.9 Å². The van der Waals surface area contributed by atoms with Crippen LogP contribution in [0.3, 0.4) is 0 Å². The second kappa shape index (κ2) is 11.6. The quantitative estimate of drug-likeness (QED) is 0.493. The first-order valence-electron chi connectivity index (χ1n) is 12.4. The zero-order chi connectivity index (χ0) is 25.7. The van der Waals surface area contributed by atoms with Gasteiger partial charge in [0.25, 0.3) is 5.91 Å². The first kappa shape index (κ1) is 25.7. The lowest BCUT2D eigenvalue weighted by molar-refractivity contribution is 0.0939. The number of ether oxygens (including phenoxy) is 2. The molecular weight excluding hydrogens is 454 g/mol. The SMILES string of the molecule is COCCN1CCN(c2ccc(C)c(C(=O)NC(C)c3cc(OC)cc(-c4cnn(C)c4)c3)c2)CC1. The van der Waals surface area contributed by atoms with Crippen molar-refractivity contribution in [3.8, 4) is 16.9 Å². The lowest BCUT2D eigenvalue weighted by atomic mass is 10.0. The van der Waals surface area contributed by atoms with Crippen LogP contribution in [0.25, 0.3) is 11.1 Å². The zero-order valence-electron chi connectivity index (χ0n) is 22.0. The van der Waals surface area contributed by atoms with Crippen LogP contribution in [0.2, 0.25) is 0 Å². The van der Waals surface area contributed by atoms with E-state index in [1.807, 2.05) is 57.6 Å². The Bertz CT molecular complexity index is 1180. The van der Waals surface area contributed by atoms with Gasteiger partial charge in [-0.15, -0.1) is 0 Å². The number of amides is 1. The van der Waals surface area contributed by atoms with Gasteiger partial charge in [0.05, 0.1) is 26.0 Å². The van der Waals surface area contributed by atoms with Crippen LogP contribution in [0.4, 0.5) is 5.69 Å². The van der Waals surface area contributed by atoms with E-state index in [0.29, 0.717) is 5.56 Å². The first-order chi connectivity index (χ1) is 17.4. The van der Waals surface area contributed by atoms with E-state index >= 15 is 0 Å². The third-order valence-corrected chi connectivity index (χ3v) is 6.87. The van der Waals surface area contributed by atoms with E-state index in [1.165, 1.54) is 0 Å². The Morgan fingerprint density at radius 3 is 2.53 bits per heavy atom. The Labute approximate surface area is 213 Å². The highest BCUT2D eigenvalue weighted by molar-refractivity contribution is 5.97. The minimum atomic E-state index is -0.199. The van der Waals surface area contributed by atoms with Gasteiger partial charge < -0.3 is 19.7 Å². The number of methoxy groups -OCH3 is 2. The lowest BCUT2D eigenvalue weighted by Crippen LogP contribution is -2.47. The molecule has 192 valence electrons. The summed E-state index contributed by atoms with van der Waals surface area (Å²) in [5, 5.41) is 7.47. The molecule has 1 aliphatic heterocycles. The van der Waals surface area contributed by atoms with Gasteiger partial charge in [-0.2, -0.15) is 5.10 Å². The van der Waals surface area contributed by atoms with E-state index in [1.54, 1.807) is 18.9 Å². The van der Waals surface area contributed by atoms with Gasteiger partial charge in [0.15, 0.2) is 0 Å². The van der Waals surface area contributed by atoms with Gasteiger partial charge in [-0.25, -0.2) is 0 Å². The van der Waals surface area contributed by atoms with Crippen LogP contribution in [0.15, 0.2) is 48.8 Å². The molecule has 1 atom stereocenters. The molecular formula is C28H37N5O3. The van der Waals surface area contributed by atoms with Crippen molar-refractivity contribution in [1.29, 1.82) is 0 Å². The Hall–Kier alpha value is -3.36. The van der Waals surface area contributed by atoms with Gasteiger partial charge in [-0.1, -0.05) is 6.07 Å². The second-order valence-electron chi connectivity index (χ2n) is 9.41. The third kappa shape index (κ3) is 6.06. The normalized spacial score (nSPS) is 15.1. The van der Waals surface area contributed by atoms with Crippen molar-refractivity contribution in [1.82, 2.24) is 20.0 Å². The van der Waals surface area contributed by atoms with Crippen molar-refractivity contribution >= 4 is 11.6 Å². The molecule has 3 aromatic rings. The molecule has 1 N–H and O–H groups in total. The molecule has 0 radical (unpaired) electrons. The number of benzene rings is 2. The fourth-order valence-corrected chi connectivity index (χ4v) is 4.59. The fraction of sp³-hybridized carbons (Fsp3) is 0.429. The number of nitrogens with zero attached hydrogens (tertiary/aromatic N) is 4. The molecule has 2 heterocycles. The van der Waals surface area contributed by atoms with Gasteiger partial charge in [-0.05, 0) is 60.9 Å². The van der Waals surface area contributed by atoms with Gasteiger partial charge in [-0.3, -0.25) is 14.4 Å². The molecule has 2 aromatic carbocycles. The van der Waals surface area contributed by atoms with Crippen LogP contribution in [-0.2, 0) is 11.8 Å². The van der Waals surface area contributed by atoms with E-state index in [2.05, 4.69) is 32.3 Å². The number of rotatable bonds is 9. The number of anilines is 1. The Morgan fingerprint density at radius 2 is 1.86 bits per heavy atom. The number of carbonyl (C=O) groups excluding carboxylic acids is 1. The second-order valence-corrected chi connectivity index (χ2v) is 9.41. The van der Waals surface area contributed by atoms with Crippen LogP contribution in [-0.4, -0.2) is 74.1 Å². The summed E-state index contributed by atoms with van der Waals surface area (Å²) in [6.45, 7) is 9.54. The number of aromatic nitrogens is 2. The minimum absolute atomic E-state index is 0.0775. The monoisotopic (exact) mass is 491 g/mol. The van der Waals surface area contributed by atoms with Gasteiger partial charge in [0.1, 0.15) is 5.75 Å². The summed E-state index contributed by atoms with van der Waals surface area (Å²) >= 11 is 0. The van der Waals surface area contributed by atoms with Crippen molar-refractivity contribution < 1.29 is 14.3 Å². The van der Waals surface area contributed by atoms with Crippen molar-refractivity contribution in [3.05, 3.63) is 65.5 Å². The van der Waals surface area contributed by atoms with E-state index in [4.69, 9.17) is 9.47 Å².